The lowest BCUT2D eigenvalue weighted by Gasteiger charge is -2.29. The summed E-state index contributed by atoms with van der Waals surface area (Å²) >= 11 is 0. The summed E-state index contributed by atoms with van der Waals surface area (Å²) in [4.78, 5) is 0. The molecule has 1 aromatic rings. The Morgan fingerprint density at radius 1 is 1.05 bits per heavy atom. The summed E-state index contributed by atoms with van der Waals surface area (Å²) < 4.78 is 16.3. The minimum absolute atomic E-state index is 0.305. The molecule has 21 heavy (non-hydrogen) atoms. The van der Waals surface area contributed by atoms with Crippen molar-refractivity contribution in [3.8, 4) is 5.75 Å². The van der Waals surface area contributed by atoms with Crippen molar-refractivity contribution >= 4 is 0 Å². The van der Waals surface area contributed by atoms with Crippen LogP contribution in [0.1, 0.15) is 56.9 Å². The van der Waals surface area contributed by atoms with Gasteiger partial charge in [-0.15, -0.1) is 0 Å². The minimum atomic E-state index is 0.305. The van der Waals surface area contributed by atoms with E-state index in [1.165, 1.54) is 44.1 Å². The third-order valence-corrected chi connectivity index (χ3v) is 4.22. The van der Waals surface area contributed by atoms with E-state index < -0.39 is 0 Å². The number of benzene rings is 1. The van der Waals surface area contributed by atoms with Crippen molar-refractivity contribution in [3.63, 3.8) is 0 Å². The number of ether oxygens (including phenoxy) is 3. The van der Waals surface area contributed by atoms with Gasteiger partial charge in [-0.2, -0.15) is 0 Å². The molecule has 1 aromatic carbocycles. The van der Waals surface area contributed by atoms with Crippen LogP contribution in [0.25, 0.3) is 0 Å². The minimum Gasteiger partial charge on any atom is -0.468 e. The van der Waals surface area contributed by atoms with E-state index in [0.29, 0.717) is 18.8 Å². The number of rotatable bonds is 8. The molecule has 1 aliphatic carbocycles. The zero-order valence-corrected chi connectivity index (χ0v) is 13.3. The van der Waals surface area contributed by atoms with E-state index in [4.69, 9.17) is 14.2 Å². The van der Waals surface area contributed by atoms with Crippen LogP contribution in [0, 0.1) is 0 Å². The summed E-state index contributed by atoms with van der Waals surface area (Å²) in [6.07, 6.45) is 7.73. The fourth-order valence-corrected chi connectivity index (χ4v) is 2.92. The first kappa shape index (κ1) is 16.3. The Kier molecular flexibility index (Phi) is 7.04. The fourth-order valence-electron chi connectivity index (χ4n) is 2.92. The first-order valence-electron chi connectivity index (χ1n) is 8.16. The number of unbranched alkanes of at least 4 members (excludes halogenated alkanes) is 1. The SMILES string of the molecule is CCCCOC1CCC(c2ccc(OCOC)cc2)CC1. The largest absolute Gasteiger partial charge is 0.468 e. The van der Waals surface area contributed by atoms with E-state index in [0.717, 1.165) is 12.4 Å². The van der Waals surface area contributed by atoms with Crippen LogP contribution in [0.4, 0.5) is 0 Å². The maximum absolute atomic E-state index is 5.94. The Morgan fingerprint density at radius 2 is 1.76 bits per heavy atom. The Bertz CT molecular complexity index is 380. The molecule has 0 saturated heterocycles. The number of methoxy groups -OCH3 is 1. The van der Waals surface area contributed by atoms with Gasteiger partial charge in [0.25, 0.3) is 0 Å². The predicted octanol–water partition coefficient (Wildman–Crippen LogP) is 4.51. The third kappa shape index (κ3) is 5.33. The van der Waals surface area contributed by atoms with Gasteiger partial charge in [0.15, 0.2) is 6.79 Å². The molecule has 3 nitrogen and oxygen atoms in total. The van der Waals surface area contributed by atoms with Crippen molar-refractivity contribution in [3.05, 3.63) is 29.8 Å². The highest BCUT2D eigenvalue weighted by molar-refractivity contribution is 5.29. The van der Waals surface area contributed by atoms with Crippen molar-refractivity contribution < 1.29 is 14.2 Å². The second kappa shape index (κ2) is 9.06. The lowest BCUT2D eigenvalue weighted by Crippen LogP contribution is -2.21. The van der Waals surface area contributed by atoms with Crippen LogP contribution in [0.2, 0.25) is 0 Å². The zero-order valence-electron chi connectivity index (χ0n) is 13.3. The van der Waals surface area contributed by atoms with Crippen LogP contribution >= 0.6 is 0 Å². The predicted molar refractivity (Wildman–Crippen MR) is 84.8 cm³/mol. The monoisotopic (exact) mass is 292 g/mol. The van der Waals surface area contributed by atoms with Crippen molar-refractivity contribution in [2.75, 3.05) is 20.5 Å². The van der Waals surface area contributed by atoms with Crippen molar-refractivity contribution in [2.45, 2.75) is 57.5 Å². The van der Waals surface area contributed by atoms with Crippen LogP contribution < -0.4 is 4.74 Å². The van der Waals surface area contributed by atoms with Gasteiger partial charge in [-0.3, -0.25) is 0 Å². The third-order valence-electron chi connectivity index (χ3n) is 4.22. The zero-order chi connectivity index (χ0) is 14.9. The molecular weight excluding hydrogens is 264 g/mol. The quantitative estimate of drug-likeness (QED) is 0.521. The molecule has 1 fully saturated rings. The summed E-state index contributed by atoms with van der Waals surface area (Å²) in [7, 11) is 1.63. The average Bonchev–Trinajstić information content (AvgIpc) is 2.54. The summed E-state index contributed by atoms with van der Waals surface area (Å²) in [5, 5.41) is 0. The van der Waals surface area contributed by atoms with Gasteiger partial charge < -0.3 is 14.2 Å². The second-order valence-electron chi connectivity index (χ2n) is 5.82. The number of hydrogen-bond acceptors (Lipinski definition) is 3. The highest BCUT2D eigenvalue weighted by atomic mass is 16.7. The van der Waals surface area contributed by atoms with Crippen molar-refractivity contribution in [2.24, 2.45) is 0 Å². The first-order chi connectivity index (χ1) is 10.3. The molecule has 0 atom stereocenters. The molecule has 118 valence electrons. The van der Waals surface area contributed by atoms with Gasteiger partial charge in [-0.25, -0.2) is 0 Å². The van der Waals surface area contributed by atoms with E-state index >= 15 is 0 Å². The molecule has 0 bridgehead atoms. The van der Waals surface area contributed by atoms with Gasteiger partial charge >= 0.3 is 0 Å². The highest BCUT2D eigenvalue weighted by Gasteiger charge is 2.22. The summed E-state index contributed by atoms with van der Waals surface area (Å²) in [5.41, 5.74) is 1.42. The molecule has 3 heteroatoms. The van der Waals surface area contributed by atoms with Crippen LogP contribution in [0.15, 0.2) is 24.3 Å². The topological polar surface area (TPSA) is 27.7 Å². The Balaban J connectivity index is 1.76. The Hall–Kier alpha value is -1.06. The molecule has 0 N–H and O–H groups in total. The van der Waals surface area contributed by atoms with Gasteiger partial charge in [-0.05, 0) is 55.7 Å². The highest BCUT2D eigenvalue weighted by Crippen LogP contribution is 2.34. The van der Waals surface area contributed by atoms with Crippen LogP contribution in [-0.4, -0.2) is 26.6 Å². The molecule has 0 heterocycles. The molecule has 2 rings (SSSR count). The van der Waals surface area contributed by atoms with Crippen molar-refractivity contribution in [1.29, 1.82) is 0 Å². The van der Waals surface area contributed by atoms with Crippen LogP contribution in [-0.2, 0) is 9.47 Å². The smallest absolute Gasteiger partial charge is 0.188 e. The second-order valence-corrected chi connectivity index (χ2v) is 5.82. The molecule has 1 aliphatic rings. The maximum Gasteiger partial charge on any atom is 0.188 e. The maximum atomic E-state index is 5.94. The Labute approximate surface area is 128 Å². The van der Waals surface area contributed by atoms with E-state index in [2.05, 4.69) is 19.1 Å². The van der Waals surface area contributed by atoms with Crippen LogP contribution in [0.3, 0.4) is 0 Å². The van der Waals surface area contributed by atoms with Gasteiger partial charge in [0.05, 0.1) is 6.10 Å². The molecule has 0 spiro atoms. The molecule has 0 amide bonds. The van der Waals surface area contributed by atoms with Gasteiger partial charge in [0, 0.05) is 13.7 Å². The summed E-state index contributed by atoms with van der Waals surface area (Å²) in [6, 6.07) is 8.46. The average molecular weight is 292 g/mol. The molecule has 0 unspecified atom stereocenters. The van der Waals surface area contributed by atoms with Gasteiger partial charge in [0.2, 0.25) is 0 Å². The van der Waals surface area contributed by atoms with E-state index in [-0.39, 0.29) is 0 Å². The molecule has 1 saturated carbocycles. The van der Waals surface area contributed by atoms with Gasteiger partial charge in [-0.1, -0.05) is 25.5 Å². The lowest BCUT2D eigenvalue weighted by molar-refractivity contribution is 0.0232. The van der Waals surface area contributed by atoms with Crippen molar-refractivity contribution in [1.82, 2.24) is 0 Å². The van der Waals surface area contributed by atoms with E-state index in [9.17, 15) is 0 Å². The normalized spacial score (nSPS) is 22.2. The standard InChI is InChI=1S/C18H28O3/c1-3-4-13-20-17-9-5-15(6-10-17)16-7-11-18(12-8-16)21-14-19-2/h7-8,11-12,15,17H,3-6,9-10,13-14H2,1-2H3. The molecular formula is C18H28O3. The summed E-state index contributed by atoms with van der Waals surface area (Å²) in [5.74, 6) is 1.55. The molecule has 0 radical (unpaired) electrons. The van der Waals surface area contributed by atoms with E-state index in [1.807, 2.05) is 12.1 Å². The fraction of sp³-hybridized carbons (Fsp3) is 0.667. The Morgan fingerprint density at radius 3 is 2.38 bits per heavy atom. The molecule has 0 aromatic heterocycles. The van der Waals surface area contributed by atoms with Crippen LogP contribution in [0.5, 0.6) is 5.75 Å². The van der Waals surface area contributed by atoms with Gasteiger partial charge in [0.1, 0.15) is 5.75 Å². The summed E-state index contributed by atoms with van der Waals surface area (Å²) in [6.45, 7) is 3.44. The lowest BCUT2D eigenvalue weighted by atomic mass is 9.83. The molecule has 0 aliphatic heterocycles. The first-order valence-corrected chi connectivity index (χ1v) is 8.16. The van der Waals surface area contributed by atoms with E-state index in [1.54, 1.807) is 7.11 Å². The number of hydrogen-bond donors (Lipinski definition) is 0.